The van der Waals surface area contributed by atoms with E-state index in [4.69, 9.17) is 21.1 Å². The van der Waals surface area contributed by atoms with Crippen LogP contribution in [0.4, 0.5) is 0 Å². The Labute approximate surface area is 147 Å². The molecule has 0 aliphatic carbocycles. The van der Waals surface area contributed by atoms with E-state index < -0.39 is 17.6 Å². The maximum atomic E-state index is 11.6. The molecule has 2 aromatic rings. The molecule has 8 nitrogen and oxygen atoms in total. The van der Waals surface area contributed by atoms with Crippen LogP contribution in [0, 0.1) is 0 Å². The van der Waals surface area contributed by atoms with Crippen LogP contribution in [0.3, 0.4) is 0 Å². The van der Waals surface area contributed by atoms with E-state index >= 15 is 0 Å². The van der Waals surface area contributed by atoms with Crippen molar-refractivity contribution in [3.8, 4) is 11.5 Å². The second-order valence-corrected chi connectivity index (χ2v) is 5.88. The number of hydrogen-bond donors (Lipinski definition) is 2. The Morgan fingerprint density at radius 1 is 1.24 bits per heavy atom. The molecular formula is C16H15ClN2O6. The first-order valence-electron chi connectivity index (χ1n) is 7.56. The van der Waals surface area contributed by atoms with Crippen molar-refractivity contribution < 1.29 is 29.3 Å². The molecule has 0 bridgehead atoms. The maximum absolute atomic E-state index is 11.6. The van der Waals surface area contributed by atoms with Gasteiger partial charge in [-0.1, -0.05) is 18.5 Å². The number of ether oxygens (including phenoxy) is 2. The third kappa shape index (κ3) is 3.12. The number of carbonyl (C=O) groups is 2. The summed E-state index contributed by atoms with van der Waals surface area (Å²) in [5, 5.41) is 19.1. The van der Waals surface area contributed by atoms with Gasteiger partial charge in [0.15, 0.2) is 22.9 Å². The van der Waals surface area contributed by atoms with Gasteiger partial charge in [-0.25, -0.2) is 14.6 Å². The van der Waals surface area contributed by atoms with E-state index in [9.17, 15) is 19.8 Å². The summed E-state index contributed by atoms with van der Waals surface area (Å²) in [6.45, 7) is 2.05. The summed E-state index contributed by atoms with van der Waals surface area (Å²) in [5.74, 6) is -1.34. The Balaban J connectivity index is 2.10. The van der Waals surface area contributed by atoms with Crippen molar-refractivity contribution in [1.82, 2.24) is 9.55 Å². The van der Waals surface area contributed by atoms with Crippen LogP contribution in [-0.4, -0.2) is 38.5 Å². The van der Waals surface area contributed by atoms with Crippen LogP contribution in [0.25, 0.3) is 0 Å². The Hall–Kier alpha value is -2.74. The molecule has 0 unspecified atom stereocenters. The summed E-state index contributed by atoms with van der Waals surface area (Å²) in [7, 11) is 0. The minimum atomic E-state index is -1.38. The zero-order valence-electron chi connectivity index (χ0n) is 13.3. The maximum Gasteiger partial charge on any atom is 0.357 e. The van der Waals surface area contributed by atoms with Gasteiger partial charge in [-0.15, -0.1) is 0 Å². The second kappa shape index (κ2) is 6.64. The largest absolute Gasteiger partial charge is 0.476 e. The minimum absolute atomic E-state index is 0.0622. The lowest BCUT2D eigenvalue weighted by Gasteiger charge is -2.12. The summed E-state index contributed by atoms with van der Waals surface area (Å²) in [6, 6.07) is 3.25. The summed E-state index contributed by atoms with van der Waals surface area (Å²) in [5.41, 5.74) is -0.266. The molecule has 1 aromatic carbocycles. The minimum Gasteiger partial charge on any atom is -0.476 e. The third-order valence-electron chi connectivity index (χ3n) is 3.80. The average molecular weight is 367 g/mol. The predicted octanol–water partition coefficient (Wildman–Crippen LogP) is 2.66. The topological polar surface area (TPSA) is 111 Å². The number of carboxylic acid groups (broad SMARTS) is 2. The predicted molar refractivity (Wildman–Crippen MR) is 86.8 cm³/mol. The summed E-state index contributed by atoms with van der Waals surface area (Å²) in [4.78, 5) is 27.0. The lowest BCUT2D eigenvalue weighted by molar-refractivity contribution is 0.0640. The van der Waals surface area contributed by atoms with Gasteiger partial charge in [0, 0.05) is 17.5 Å². The molecule has 25 heavy (non-hydrogen) atoms. The Bertz CT molecular complexity index is 861. The number of aromatic nitrogens is 2. The van der Waals surface area contributed by atoms with Gasteiger partial charge in [0.2, 0.25) is 6.79 Å². The Morgan fingerprint density at radius 2 is 1.92 bits per heavy atom. The van der Waals surface area contributed by atoms with Gasteiger partial charge in [0.1, 0.15) is 5.82 Å². The highest BCUT2D eigenvalue weighted by Crippen LogP contribution is 2.37. The number of imidazole rings is 1. The van der Waals surface area contributed by atoms with Crippen molar-refractivity contribution in [2.75, 3.05) is 6.79 Å². The van der Waals surface area contributed by atoms with Crippen LogP contribution in [0.15, 0.2) is 12.1 Å². The van der Waals surface area contributed by atoms with Crippen LogP contribution in [-0.2, 0) is 13.0 Å². The molecule has 132 valence electrons. The summed E-state index contributed by atoms with van der Waals surface area (Å²) < 4.78 is 11.9. The fraction of sp³-hybridized carbons (Fsp3) is 0.312. The smallest absolute Gasteiger partial charge is 0.357 e. The number of hydrogen-bond acceptors (Lipinski definition) is 5. The number of benzene rings is 1. The highest BCUT2D eigenvalue weighted by Gasteiger charge is 2.27. The van der Waals surface area contributed by atoms with Gasteiger partial charge >= 0.3 is 11.9 Å². The molecule has 1 aliphatic rings. The zero-order valence-corrected chi connectivity index (χ0v) is 14.0. The van der Waals surface area contributed by atoms with Crippen LogP contribution in [0.5, 0.6) is 11.5 Å². The van der Waals surface area contributed by atoms with Crippen LogP contribution in [0.2, 0.25) is 5.02 Å². The molecule has 2 heterocycles. The number of carboxylic acids is 2. The normalized spacial score (nSPS) is 12.4. The molecule has 0 atom stereocenters. The van der Waals surface area contributed by atoms with E-state index in [1.165, 1.54) is 4.57 Å². The molecule has 2 N–H and O–H groups in total. The molecule has 0 saturated carbocycles. The first-order chi connectivity index (χ1) is 11.9. The number of nitrogens with zero attached hydrogens (tertiary/aromatic N) is 2. The number of fused-ring (bicyclic) bond motifs is 1. The lowest BCUT2D eigenvalue weighted by atomic mass is 10.2. The molecular weight excluding hydrogens is 352 g/mol. The Morgan fingerprint density at radius 3 is 2.52 bits per heavy atom. The van der Waals surface area contributed by atoms with Crippen molar-refractivity contribution in [3.05, 3.63) is 39.9 Å². The van der Waals surface area contributed by atoms with E-state index in [0.717, 1.165) is 0 Å². The molecule has 1 aromatic heterocycles. The standard InChI is InChI=1S/C16H15ClN2O6/c1-2-3-12-18-13(15(20)21)14(16(22)23)19(12)6-8-4-10-11(5-9(8)17)25-7-24-10/h4-5H,2-3,6-7H2,1H3,(H,20,21)(H,22,23). The molecule has 0 amide bonds. The third-order valence-corrected chi connectivity index (χ3v) is 4.15. The van der Waals surface area contributed by atoms with E-state index in [0.29, 0.717) is 40.8 Å². The lowest BCUT2D eigenvalue weighted by Crippen LogP contribution is -2.15. The van der Waals surface area contributed by atoms with Gasteiger partial charge in [0.05, 0.1) is 6.54 Å². The van der Waals surface area contributed by atoms with E-state index in [-0.39, 0.29) is 19.0 Å². The van der Waals surface area contributed by atoms with Crippen molar-refractivity contribution in [2.24, 2.45) is 0 Å². The van der Waals surface area contributed by atoms with Crippen LogP contribution < -0.4 is 9.47 Å². The first kappa shape index (κ1) is 17.1. The molecule has 1 aliphatic heterocycles. The summed E-state index contributed by atoms with van der Waals surface area (Å²) in [6.07, 6.45) is 1.12. The molecule has 0 saturated heterocycles. The Kier molecular flexibility index (Phi) is 4.54. The molecule has 0 fully saturated rings. The monoisotopic (exact) mass is 366 g/mol. The molecule has 0 radical (unpaired) electrons. The van der Waals surface area contributed by atoms with Gasteiger partial charge < -0.3 is 24.3 Å². The first-order valence-corrected chi connectivity index (χ1v) is 7.94. The highest BCUT2D eigenvalue weighted by molar-refractivity contribution is 6.31. The zero-order chi connectivity index (χ0) is 18.1. The van der Waals surface area contributed by atoms with Gasteiger partial charge in [-0.2, -0.15) is 0 Å². The molecule has 0 spiro atoms. The summed E-state index contributed by atoms with van der Waals surface area (Å²) >= 11 is 6.26. The number of aryl methyl sites for hydroxylation is 1. The number of aromatic carboxylic acids is 2. The number of rotatable bonds is 6. The van der Waals surface area contributed by atoms with Gasteiger partial charge in [0.25, 0.3) is 0 Å². The molecule has 3 rings (SSSR count). The van der Waals surface area contributed by atoms with E-state index in [1.807, 2.05) is 6.92 Å². The average Bonchev–Trinajstić information content (AvgIpc) is 3.13. The second-order valence-electron chi connectivity index (χ2n) is 5.47. The number of halogens is 1. The van der Waals surface area contributed by atoms with Crippen LogP contribution in [0.1, 0.15) is 45.7 Å². The fourth-order valence-corrected chi connectivity index (χ4v) is 2.91. The van der Waals surface area contributed by atoms with Gasteiger partial charge in [-0.3, -0.25) is 0 Å². The van der Waals surface area contributed by atoms with Gasteiger partial charge in [-0.05, 0) is 18.1 Å². The van der Waals surface area contributed by atoms with Crippen molar-refractivity contribution >= 4 is 23.5 Å². The van der Waals surface area contributed by atoms with Crippen molar-refractivity contribution in [3.63, 3.8) is 0 Å². The molecule has 9 heteroatoms. The highest BCUT2D eigenvalue weighted by atomic mass is 35.5. The SMILES string of the molecule is CCCc1nc(C(=O)O)c(C(=O)O)n1Cc1cc2c(cc1Cl)OCO2. The van der Waals surface area contributed by atoms with Crippen LogP contribution >= 0.6 is 11.6 Å². The fourth-order valence-electron chi connectivity index (χ4n) is 2.70. The van der Waals surface area contributed by atoms with E-state index in [1.54, 1.807) is 12.1 Å². The quantitative estimate of drug-likeness (QED) is 0.808. The van der Waals surface area contributed by atoms with Crippen molar-refractivity contribution in [2.45, 2.75) is 26.3 Å². The van der Waals surface area contributed by atoms with Crippen molar-refractivity contribution in [1.29, 1.82) is 0 Å². The van der Waals surface area contributed by atoms with E-state index in [2.05, 4.69) is 4.98 Å².